The molecule has 1 fully saturated rings. The molecule has 3 nitrogen and oxygen atoms in total. The van der Waals surface area contributed by atoms with Crippen molar-refractivity contribution in [1.29, 1.82) is 0 Å². The number of hydrogen-bond acceptors (Lipinski definition) is 3. The molecule has 2 rings (SSSR count). The number of rotatable bonds is 3. The lowest BCUT2D eigenvalue weighted by Gasteiger charge is -2.31. The maximum Gasteiger partial charge on any atom is 0.119 e. The summed E-state index contributed by atoms with van der Waals surface area (Å²) in [7, 11) is 0. The van der Waals surface area contributed by atoms with Gasteiger partial charge in [-0.2, -0.15) is 0 Å². The fraction of sp³-hybridized carbons (Fsp3) is 0.500. The van der Waals surface area contributed by atoms with Gasteiger partial charge in [-0.3, -0.25) is 11.3 Å². The van der Waals surface area contributed by atoms with Gasteiger partial charge in [0.05, 0.1) is 6.04 Å². The monoisotopic (exact) mass is 206 g/mol. The fourth-order valence-electron chi connectivity index (χ4n) is 2.10. The van der Waals surface area contributed by atoms with Crippen molar-refractivity contribution in [3.05, 3.63) is 30.3 Å². The molecule has 15 heavy (non-hydrogen) atoms. The van der Waals surface area contributed by atoms with E-state index in [9.17, 15) is 0 Å². The molecule has 1 aliphatic rings. The van der Waals surface area contributed by atoms with Crippen LogP contribution in [0.25, 0.3) is 0 Å². The molecule has 0 aliphatic heterocycles. The molecule has 0 saturated heterocycles. The Morgan fingerprint density at radius 3 is 2.60 bits per heavy atom. The van der Waals surface area contributed by atoms with Crippen LogP contribution in [0.5, 0.6) is 5.75 Å². The van der Waals surface area contributed by atoms with Gasteiger partial charge in [0.1, 0.15) is 11.9 Å². The molecule has 0 heterocycles. The summed E-state index contributed by atoms with van der Waals surface area (Å²) in [6.45, 7) is 0. The number of ether oxygens (including phenoxy) is 1. The van der Waals surface area contributed by atoms with Crippen molar-refractivity contribution in [1.82, 2.24) is 5.43 Å². The molecule has 2 atom stereocenters. The van der Waals surface area contributed by atoms with Crippen molar-refractivity contribution < 1.29 is 4.74 Å². The number of hydrogen-bond donors (Lipinski definition) is 2. The lowest BCUT2D eigenvalue weighted by atomic mass is 9.93. The van der Waals surface area contributed by atoms with Crippen molar-refractivity contribution in [2.24, 2.45) is 5.84 Å². The first-order chi connectivity index (χ1) is 7.40. The summed E-state index contributed by atoms with van der Waals surface area (Å²) in [5.74, 6) is 6.45. The summed E-state index contributed by atoms with van der Waals surface area (Å²) in [5.41, 5.74) is 2.85. The van der Waals surface area contributed by atoms with Crippen LogP contribution in [0.4, 0.5) is 0 Å². The predicted octanol–water partition coefficient (Wildman–Crippen LogP) is 1.84. The normalized spacial score (nSPS) is 26.2. The lowest BCUT2D eigenvalue weighted by Crippen LogP contribution is -2.48. The number of nitrogens with two attached hydrogens (primary N) is 1. The molecule has 0 bridgehead atoms. The van der Waals surface area contributed by atoms with Gasteiger partial charge in [-0.05, 0) is 31.4 Å². The highest BCUT2D eigenvalue weighted by atomic mass is 16.5. The SMILES string of the molecule is NN[C@H]1CCCC[C@H]1Oc1ccccc1. The van der Waals surface area contributed by atoms with Gasteiger partial charge in [-0.1, -0.05) is 24.6 Å². The minimum absolute atomic E-state index is 0.214. The Balaban J connectivity index is 1.97. The minimum Gasteiger partial charge on any atom is -0.489 e. The Morgan fingerprint density at radius 1 is 1.13 bits per heavy atom. The Kier molecular flexibility index (Phi) is 3.59. The molecular weight excluding hydrogens is 188 g/mol. The van der Waals surface area contributed by atoms with Gasteiger partial charge in [-0.25, -0.2) is 0 Å². The zero-order valence-electron chi connectivity index (χ0n) is 8.86. The molecular formula is C12H18N2O. The molecule has 0 spiro atoms. The summed E-state index contributed by atoms with van der Waals surface area (Å²) in [6, 6.07) is 10.2. The quantitative estimate of drug-likeness (QED) is 0.586. The zero-order chi connectivity index (χ0) is 10.5. The predicted molar refractivity (Wildman–Crippen MR) is 60.4 cm³/mol. The lowest BCUT2D eigenvalue weighted by molar-refractivity contribution is 0.114. The molecule has 0 radical (unpaired) electrons. The van der Waals surface area contributed by atoms with Crippen LogP contribution in [-0.2, 0) is 0 Å². The second kappa shape index (κ2) is 5.14. The van der Waals surface area contributed by atoms with E-state index in [2.05, 4.69) is 5.43 Å². The summed E-state index contributed by atoms with van der Waals surface area (Å²) in [4.78, 5) is 0. The van der Waals surface area contributed by atoms with Crippen molar-refractivity contribution in [2.45, 2.75) is 37.8 Å². The maximum absolute atomic E-state index is 5.92. The number of hydrazine groups is 1. The first-order valence-electron chi connectivity index (χ1n) is 5.58. The van der Waals surface area contributed by atoms with Crippen LogP contribution < -0.4 is 16.0 Å². The molecule has 0 amide bonds. The van der Waals surface area contributed by atoms with Crippen molar-refractivity contribution in [3.63, 3.8) is 0 Å². The van der Waals surface area contributed by atoms with Crippen LogP contribution >= 0.6 is 0 Å². The highest BCUT2D eigenvalue weighted by Gasteiger charge is 2.25. The highest BCUT2D eigenvalue weighted by molar-refractivity contribution is 5.21. The number of benzene rings is 1. The third-order valence-corrected chi connectivity index (χ3v) is 2.95. The van der Waals surface area contributed by atoms with Crippen molar-refractivity contribution >= 4 is 0 Å². The third kappa shape index (κ3) is 2.70. The maximum atomic E-state index is 5.92. The Hall–Kier alpha value is -1.06. The second-order valence-corrected chi connectivity index (χ2v) is 4.03. The topological polar surface area (TPSA) is 47.3 Å². The Bertz CT molecular complexity index is 289. The summed E-state index contributed by atoms with van der Waals surface area (Å²) >= 11 is 0. The van der Waals surface area contributed by atoms with Gasteiger partial charge >= 0.3 is 0 Å². The summed E-state index contributed by atoms with van der Waals surface area (Å²) in [6.07, 6.45) is 4.88. The van der Waals surface area contributed by atoms with Crippen LogP contribution in [0.3, 0.4) is 0 Å². The van der Waals surface area contributed by atoms with E-state index in [4.69, 9.17) is 10.6 Å². The summed E-state index contributed by atoms with van der Waals surface area (Å²) in [5, 5.41) is 0. The van der Waals surface area contributed by atoms with Gasteiger partial charge in [0, 0.05) is 0 Å². The van der Waals surface area contributed by atoms with E-state index in [0.29, 0.717) is 6.04 Å². The van der Waals surface area contributed by atoms with Gasteiger partial charge in [0.2, 0.25) is 0 Å². The molecule has 1 aromatic rings. The molecule has 82 valence electrons. The molecule has 0 unspecified atom stereocenters. The van der Waals surface area contributed by atoms with Gasteiger partial charge in [0.25, 0.3) is 0 Å². The van der Waals surface area contributed by atoms with E-state index in [0.717, 1.165) is 18.6 Å². The van der Waals surface area contributed by atoms with E-state index >= 15 is 0 Å². The first-order valence-corrected chi connectivity index (χ1v) is 5.58. The van der Waals surface area contributed by atoms with E-state index < -0.39 is 0 Å². The van der Waals surface area contributed by atoms with Gasteiger partial charge in [0.15, 0.2) is 0 Å². The standard InChI is InChI=1S/C12H18N2O/c13-14-11-8-4-5-9-12(11)15-10-6-2-1-3-7-10/h1-3,6-7,11-12,14H,4-5,8-9,13H2/t11-,12+/m0/s1. The van der Waals surface area contributed by atoms with Crippen LogP contribution in [0.2, 0.25) is 0 Å². The zero-order valence-corrected chi connectivity index (χ0v) is 8.86. The van der Waals surface area contributed by atoms with E-state index in [1.54, 1.807) is 0 Å². The minimum atomic E-state index is 0.214. The van der Waals surface area contributed by atoms with Crippen LogP contribution in [0, 0.1) is 0 Å². The smallest absolute Gasteiger partial charge is 0.119 e. The van der Waals surface area contributed by atoms with Gasteiger partial charge < -0.3 is 4.74 Å². The Morgan fingerprint density at radius 2 is 1.87 bits per heavy atom. The van der Waals surface area contributed by atoms with Gasteiger partial charge in [-0.15, -0.1) is 0 Å². The molecule has 1 aliphatic carbocycles. The largest absolute Gasteiger partial charge is 0.489 e. The van der Waals surface area contributed by atoms with Crippen molar-refractivity contribution in [3.8, 4) is 5.75 Å². The highest BCUT2D eigenvalue weighted by Crippen LogP contribution is 2.23. The fourth-order valence-corrected chi connectivity index (χ4v) is 2.10. The van der Waals surface area contributed by atoms with E-state index in [1.807, 2.05) is 30.3 Å². The summed E-state index contributed by atoms with van der Waals surface area (Å²) < 4.78 is 5.92. The van der Waals surface area contributed by atoms with Crippen LogP contribution in [0.1, 0.15) is 25.7 Å². The molecule has 3 heteroatoms. The van der Waals surface area contributed by atoms with E-state index in [-0.39, 0.29) is 6.10 Å². The van der Waals surface area contributed by atoms with E-state index in [1.165, 1.54) is 12.8 Å². The first kappa shape index (κ1) is 10.5. The molecule has 1 aromatic carbocycles. The molecule has 3 N–H and O–H groups in total. The Labute approximate surface area is 90.6 Å². The number of nitrogens with one attached hydrogen (secondary N) is 1. The van der Waals surface area contributed by atoms with Crippen LogP contribution in [0.15, 0.2) is 30.3 Å². The third-order valence-electron chi connectivity index (χ3n) is 2.95. The van der Waals surface area contributed by atoms with Crippen LogP contribution in [-0.4, -0.2) is 12.1 Å². The average molecular weight is 206 g/mol. The molecule has 1 saturated carbocycles. The second-order valence-electron chi connectivity index (χ2n) is 4.03. The average Bonchev–Trinajstić information content (AvgIpc) is 2.31. The molecule has 0 aromatic heterocycles. The number of para-hydroxylation sites is 1. The van der Waals surface area contributed by atoms with Crippen molar-refractivity contribution in [2.75, 3.05) is 0 Å².